The summed E-state index contributed by atoms with van der Waals surface area (Å²) in [5.41, 5.74) is 2.18. The van der Waals surface area contributed by atoms with Crippen molar-refractivity contribution < 1.29 is 166 Å². The molecule has 24 nitrogen and oxygen atoms in total. The summed E-state index contributed by atoms with van der Waals surface area (Å²) in [5, 5.41) is 65.2. The molecule has 6 aromatic rings. The summed E-state index contributed by atoms with van der Waals surface area (Å²) >= 11 is 0. The van der Waals surface area contributed by atoms with Crippen LogP contribution in [0.1, 0.15) is 341 Å². The van der Waals surface area contributed by atoms with Gasteiger partial charge in [0.15, 0.2) is 69.0 Å². The number of benzene rings is 6. The molecule has 12 heterocycles. The zero-order valence-corrected chi connectivity index (χ0v) is 81.1. The lowest BCUT2D eigenvalue weighted by Crippen LogP contribution is -2.48. The third-order valence-corrected chi connectivity index (χ3v) is 26.7. The summed E-state index contributed by atoms with van der Waals surface area (Å²) in [6.07, 6.45) is -32.2. The van der Waals surface area contributed by atoms with E-state index in [-0.39, 0.29) is 141 Å². The van der Waals surface area contributed by atoms with E-state index in [1.807, 2.05) is 13.8 Å². The Balaban J connectivity index is 0.000000189. The maximum absolute atomic E-state index is 11.0. The summed E-state index contributed by atoms with van der Waals surface area (Å²) in [6, 6.07) is 11.8. The van der Waals surface area contributed by atoms with Gasteiger partial charge in [-0.25, -0.2) is 0 Å². The largest absolute Gasteiger partial charge is 0.493 e. The van der Waals surface area contributed by atoms with E-state index in [1.54, 1.807) is 11.0 Å². The van der Waals surface area contributed by atoms with Crippen LogP contribution in [0.4, 0.5) is 0 Å². The highest BCUT2D eigenvalue weighted by molar-refractivity contribution is 5.55. The van der Waals surface area contributed by atoms with Crippen LogP contribution in [0, 0.1) is 70.9 Å². The van der Waals surface area contributed by atoms with E-state index in [9.17, 15) is 30.6 Å². The topological polar surface area (TPSA) is 252 Å². The Morgan fingerprint density at radius 3 is 0.587 bits per heavy atom. The molecule has 0 aliphatic carbocycles. The summed E-state index contributed by atoms with van der Waals surface area (Å²) in [5.74, 6) is -14.9. The van der Waals surface area contributed by atoms with Crippen molar-refractivity contribution in [1.29, 1.82) is 0 Å². The van der Waals surface area contributed by atoms with Crippen LogP contribution >= 0.6 is 0 Å². The van der Waals surface area contributed by atoms with Gasteiger partial charge in [0.05, 0.1) is 134 Å². The SMILES string of the molecule is [2H]C([2H])([2H])C([2H])(C)C([2H])([2H])C1CN2C(CC1O)c1cc(OC)c(OC)cc1C([2H])([2H])C2([2H])[2H].[2H]C([2H])([2H])C([2H])(C)C([2H])([2H])C1CN2C(CC1O)c1cc(OC)c(OC)cc1C([2H])([2H])C2([2H])[2H].[2H]C([2H])([2H])Oc1cc2c(cc1OC)C([2H])([2H])C([2H])([2H])N1CC(C([2H])([2H])C([2H])(C)C([2H])([2H])[2H])C(O)CC21.[2H]C([2H])([2H])Oc1cc2c(cc1OC)C([2H])([2H])C([2H])([2H])N1CC(C([2H])([2H])C([2H])(C)C([2H])([2H])[2H])C(O)CC21.[2H]C([2H])([2H])Oc1cc2c(cc1OC)C([2H])([2H])C([2H])([2H])N1CC(CC(C)C)C(O)CC21.[2H]C1([2H])c2cc(OC)c(OC)cc2C2CC(O)C(CC(C)C)CN2C1([2H])[2H]. The van der Waals surface area contributed by atoms with Gasteiger partial charge in [-0.2, -0.15) is 0 Å². The Labute approximate surface area is 907 Å². The highest BCUT2D eigenvalue weighted by atomic mass is 16.5. The van der Waals surface area contributed by atoms with Crippen LogP contribution < -0.4 is 56.8 Å². The van der Waals surface area contributed by atoms with Crippen LogP contribution in [-0.2, 0) is 38.2 Å². The van der Waals surface area contributed by atoms with Gasteiger partial charge in [-0.1, -0.05) is 82.8 Å². The van der Waals surface area contributed by atoms with Gasteiger partial charge in [-0.3, -0.25) is 29.4 Å². The molecule has 18 rings (SSSR count). The summed E-state index contributed by atoms with van der Waals surface area (Å²) in [6.45, 7) is -17.2. The highest BCUT2D eigenvalue weighted by Crippen LogP contribution is 2.52. The van der Waals surface area contributed by atoms with Gasteiger partial charge in [0.25, 0.3) is 0 Å². The first-order chi connectivity index (χ1) is 87.9. The molecule has 0 spiro atoms. The highest BCUT2D eigenvalue weighted by Gasteiger charge is 2.47. The van der Waals surface area contributed by atoms with Gasteiger partial charge in [0.2, 0.25) is 0 Å². The van der Waals surface area contributed by atoms with Crippen molar-refractivity contribution in [1.82, 2.24) is 29.4 Å². The minimum Gasteiger partial charge on any atom is -0.493 e. The van der Waals surface area contributed by atoms with Crippen molar-refractivity contribution in [2.75, 3.05) is 163 Å². The van der Waals surface area contributed by atoms with Gasteiger partial charge in [0.1, 0.15) is 0 Å². The van der Waals surface area contributed by atoms with E-state index in [4.69, 9.17) is 135 Å². The molecule has 6 N–H and O–H groups in total. The minimum absolute atomic E-state index is 0.0204. The van der Waals surface area contributed by atoms with Crippen LogP contribution in [0.15, 0.2) is 72.8 Å². The first-order valence-corrected chi connectivity index (χ1v) is 46.2. The first kappa shape index (κ1) is 54.9. The van der Waals surface area contributed by atoms with Crippen LogP contribution in [0.25, 0.3) is 0 Å². The van der Waals surface area contributed by atoms with Crippen molar-refractivity contribution in [2.24, 2.45) is 70.9 Å². The molecule has 12 aliphatic heterocycles. The molecule has 0 bridgehead atoms. The monoisotopic (exact) mass is 1970 g/mol. The Kier molecular flexibility index (Phi) is 19.6. The molecule has 0 radical (unpaired) electrons. The van der Waals surface area contributed by atoms with Crippen molar-refractivity contribution in [3.63, 3.8) is 0 Å². The molecule has 768 valence electrons. The van der Waals surface area contributed by atoms with E-state index >= 15 is 0 Å². The molecule has 0 aromatic heterocycles. The van der Waals surface area contributed by atoms with Crippen LogP contribution in [0.3, 0.4) is 0 Å². The van der Waals surface area contributed by atoms with Crippen molar-refractivity contribution in [3.8, 4) is 69.0 Å². The summed E-state index contributed by atoms with van der Waals surface area (Å²) in [4.78, 5) is 7.34. The second-order valence-corrected chi connectivity index (χ2v) is 37.0. The number of fused-ring (bicyclic) bond motifs is 18. The van der Waals surface area contributed by atoms with Crippen LogP contribution in [0.2, 0.25) is 0 Å². The standard InChI is InChI=1S/6C19H29NO3/c6*1-12(2)7-14-11-20-6-5-13-8-18(22-3)19(23-4)9-15(13)16(20)10-17(14)21/h6*8-9,12,14,16-17,21H,5-7,10-11H2,1-4H3/i2*1D3,4D3,5D2,6D2,7D2,12D;2*1D3,5D2,6D2,7D2,12D;4D3,5D2,6D2;5D2,6D2. The number of methoxy groups -OCH3 is 12. The molecule has 6 aromatic carbocycles. The molecule has 24 heteroatoms. The molecule has 0 amide bonds. The third-order valence-electron chi connectivity index (χ3n) is 26.7. The maximum atomic E-state index is 11.0. The Hall–Kier alpha value is -7.56. The summed E-state index contributed by atoms with van der Waals surface area (Å²) in [7, 11) is 3.85. The van der Waals surface area contributed by atoms with Crippen LogP contribution in [-0.4, -0.2) is 260 Å². The van der Waals surface area contributed by atoms with Gasteiger partial charge < -0.3 is 87.5 Å². The molecule has 6 saturated heterocycles. The Morgan fingerprint density at radius 1 is 0.268 bits per heavy atom. The lowest BCUT2D eigenvalue weighted by molar-refractivity contribution is -0.0192. The fourth-order valence-corrected chi connectivity index (χ4v) is 20.1. The molecular weight excluding hydrogens is 1740 g/mol. The van der Waals surface area contributed by atoms with Crippen molar-refractivity contribution in [3.05, 3.63) is 140 Å². The second kappa shape index (κ2) is 49.1. The van der Waals surface area contributed by atoms with Crippen molar-refractivity contribution in [2.45, 2.75) is 271 Å². The number of rotatable bonds is 24. The number of ether oxygens (including phenoxy) is 12. The van der Waals surface area contributed by atoms with E-state index < -0.39 is 298 Å². The minimum atomic E-state index is -3.06. The summed E-state index contributed by atoms with van der Waals surface area (Å²) < 4.78 is 528. The third kappa shape index (κ3) is 25.4. The molecular formula is C114H174N6O18. The number of aryl methyl sites for hydroxylation is 6. The van der Waals surface area contributed by atoms with E-state index in [2.05, 4.69) is 13.8 Å². The number of hydrogen-bond acceptors (Lipinski definition) is 24. The number of nitrogens with zero attached hydrogens (tertiary/aromatic N) is 6. The molecule has 6 fully saturated rings. The average Bonchev–Trinajstić information content (AvgIpc) is 0.708. The molecule has 12 aliphatic rings. The van der Waals surface area contributed by atoms with Gasteiger partial charge >= 0.3 is 0 Å². The van der Waals surface area contributed by atoms with Gasteiger partial charge in [-0.15, -0.1) is 0 Å². The lowest BCUT2D eigenvalue weighted by Gasteiger charge is -2.46. The smallest absolute Gasteiger partial charge is 0.161 e. The van der Waals surface area contributed by atoms with Crippen LogP contribution in [0.5, 0.6) is 69.0 Å². The molecule has 138 heavy (non-hydrogen) atoms. The second-order valence-electron chi connectivity index (χ2n) is 37.0. The normalized spacial score (nSPS) is 40.7. The van der Waals surface area contributed by atoms with E-state index in [0.29, 0.717) is 76.5 Å². The van der Waals surface area contributed by atoms with Gasteiger partial charge in [-0.05, 0) is 326 Å². The Bertz CT molecular complexity index is 7280. The number of piperidine rings is 6. The average molecular weight is 1970 g/mol. The lowest BCUT2D eigenvalue weighted by atomic mass is 9.79. The quantitative estimate of drug-likeness (QED) is 0.0329. The Morgan fingerprint density at radius 2 is 0.428 bits per heavy atom. The maximum Gasteiger partial charge on any atom is 0.161 e. The first-order valence-electron chi connectivity index (χ1n) is 74.7. The number of aliphatic hydroxyl groups excluding tert-OH is 6. The fourth-order valence-electron chi connectivity index (χ4n) is 20.1. The number of aliphatic hydroxyl groups is 6. The van der Waals surface area contributed by atoms with E-state index in [1.165, 1.54) is 123 Å². The predicted molar refractivity (Wildman–Crippen MR) is 547 cm³/mol. The fraction of sp³-hybridized carbons (Fsp3) is 0.684. The van der Waals surface area contributed by atoms with E-state index in [0.717, 1.165) is 65.8 Å². The zero-order valence-electron chi connectivity index (χ0n) is 138. The predicted octanol–water partition coefficient (Wildman–Crippen LogP) is 18.2. The molecule has 22 unspecified atom stereocenters. The van der Waals surface area contributed by atoms with Crippen molar-refractivity contribution >= 4 is 0 Å². The molecule has 0 saturated carbocycles. The zero-order chi connectivity index (χ0) is 149. The number of hydrogen-bond donors (Lipinski definition) is 6. The molecule has 22 atom stereocenters. The van der Waals surface area contributed by atoms with Gasteiger partial charge in [0, 0.05) is 180 Å².